The van der Waals surface area contributed by atoms with Gasteiger partial charge in [-0.15, -0.1) is 0 Å². The van der Waals surface area contributed by atoms with E-state index in [1.165, 1.54) is 14.2 Å². The zero-order valence-corrected chi connectivity index (χ0v) is 12.8. The first-order chi connectivity index (χ1) is 10.1. The summed E-state index contributed by atoms with van der Waals surface area (Å²) in [7, 11) is 3.06. The first kappa shape index (κ1) is 17.0. The molecule has 0 aromatic carbocycles. The molecule has 0 bridgehead atoms. The number of carboxylic acids is 1. The Kier molecular flexibility index (Phi) is 7.28. The minimum absolute atomic E-state index is 0.210. The number of nitrogens with one attached hydrogen (secondary N) is 1. The number of aliphatic carboxylic acids is 1. The van der Waals surface area contributed by atoms with E-state index < -0.39 is 5.97 Å². The molecule has 21 heavy (non-hydrogen) atoms. The van der Waals surface area contributed by atoms with Crippen LogP contribution >= 0.6 is 0 Å². The minimum Gasteiger partial charge on any atom is -0.481 e. The van der Waals surface area contributed by atoms with Crippen molar-refractivity contribution >= 4 is 11.9 Å². The number of nitrogens with zero attached hydrogens (tertiary/aromatic N) is 2. The fourth-order valence-corrected chi connectivity index (χ4v) is 1.96. The second-order valence-electron chi connectivity index (χ2n) is 4.70. The van der Waals surface area contributed by atoms with Gasteiger partial charge >= 0.3 is 5.97 Å². The zero-order chi connectivity index (χ0) is 15.7. The van der Waals surface area contributed by atoms with E-state index in [1.807, 2.05) is 0 Å². The fourth-order valence-electron chi connectivity index (χ4n) is 1.96. The maximum absolute atomic E-state index is 10.6. The molecule has 0 aliphatic carbocycles. The molecule has 1 atom stereocenters. The summed E-state index contributed by atoms with van der Waals surface area (Å²) in [6, 6.07) is 1.60. The number of ether oxygens (including phenoxy) is 2. The number of carboxylic acid groups (broad SMARTS) is 1. The van der Waals surface area contributed by atoms with Crippen LogP contribution in [0.25, 0.3) is 0 Å². The molecular formula is C14H23N3O4. The first-order valence-corrected chi connectivity index (χ1v) is 7.01. The second-order valence-corrected chi connectivity index (χ2v) is 4.70. The van der Waals surface area contributed by atoms with Crippen molar-refractivity contribution in [2.45, 2.75) is 32.6 Å². The van der Waals surface area contributed by atoms with Gasteiger partial charge in [-0.2, -0.15) is 9.97 Å². The number of rotatable bonds is 10. The topological polar surface area (TPSA) is 93.6 Å². The lowest BCUT2D eigenvalue weighted by molar-refractivity contribution is -0.137. The van der Waals surface area contributed by atoms with E-state index in [2.05, 4.69) is 22.2 Å². The Morgan fingerprint density at radius 2 is 1.90 bits per heavy atom. The van der Waals surface area contributed by atoms with Gasteiger partial charge in [0.25, 0.3) is 0 Å². The smallest absolute Gasteiger partial charge is 0.303 e. The third-order valence-corrected chi connectivity index (χ3v) is 3.28. The van der Waals surface area contributed by atoms with Crippen molar-refractivity contribution in [3.8, 4) is 11.8 Å². The summed E-state index contributed by atoms with van der Waals surface area (Å²) < 4.78 is 10.1. The summed E-state index contributed by atoms with van der Waals surface area (Å²) in [6.45, 7) is 2.74. The predicted octanol–water partition coefficient (Wildman–Crippen LogP) is 2.19. The zero-order valence-electron chi connectivity index (χ0n) is 12.8. The van der Waals surface area contributed by atoms with Gasteiger partial charge in [0, 0.05) is 13.0 Å². The van der Waals surface area contributed by atoms with E-state index in [0.717, 1.165) is 12.8 Å². The van der Waals surface area contributed by atoms with Gasteiger partial charge in [-0.1, -0.05) is 13.3 Å². The standard InChI is InChI=1S/C14H23N3O4/c1-4-10(5-6-13(18)19)7-8-15-14-16-11(20-2)9-12(17-14)21-3/h9-10H,4-8H2,1-3H3,(H,18,19)(H,15,16,17). The molecule has 1 aromatic rings. The molecule has 0 saturated carbocycles. The van der Waals surface area contributed by atoms with E-state index in [1.54, 1.807) is 6.07 Å². The summed E-state index contributed by atoms with van der Waals surface area (Å²) in [6.07, 6.45) is 2.72. The van der Waals surface area contributed by atoms with E-state index in [0.29, 0.717) is 36.6 Å². The Morgan fingerprint density at radius 3 is 2.38 bits per heavy atom. The van der Waals surface area contributed by atoms with Crippen LogP contribution in [0.1, 0.15) is 32.6 Å². The van der Waals surface area contributed by atoms with Crippen LogP contribution in [0, 0.1) is 5.92 Å². The van der Waals surface area contributed by atoms with Crippen molar-refractivity contribution in [3.63, 3.8) is 0 Å². The van der Waals surface area contributed by atoms with Gasteiger partial charge in [0.2, 0.25) is 17.7 Å². The van der Waals surface area contributed by atoms with Crippen LogP contribution in [0.3, 0.4) is 0 Å². The van der Waals surface area contributed by atoms with Crippen molar-refractivity contribution in [1.29, 1.82) is 0 Å². The monoisotopic (exact) mass is 297 g/mol. The van der Waals surface area contributed by atoms with E-state index in [-0.39, 0.29) is 6.42 Å². The molecule has 1 unspecified atom stereocenters. The SMILES string of the molecule is CCC(CCNc1nc(OC)cc(OC)n1)CCC(=O)O. The lowest BCUT2D eigenvalue weighted by Gasteiger charge is -2.14. The molecule has 0 radical (unpaired) electrons. The van der Waals surface area contributed by atoms with Gasteiger partial charge in [-0.05, 0) is 18.8 Å². The Balaban J connectivity index is 2.48. The van der Waals surface area contributed by atoms with Crippen LogP contribution in [-0.2, 0) is 4.79 Å². The lowest BCUT2D eigenvalue weighted by Crippen LogP contribution is -2.12. The normalized spacial score (nSPS) is 11.8. The third-order valence-electron chi connectivity index (χ3n) is 3.28. The average Bonchev–Trinajstić information content (AvgIpc) is 2.49. The van der Waals surface area contributed by atoms with Crippen LogP contribution in [0.5, 0.6) is 11.8 Å². The average molecular weight is 297 g/mol. The van der Waals surface area contributed by atoms with Gasteiger partial charge in [-0.3, -0.25) is 4.79 Å². The van der Waals surface area contributed by atoms with Crippen LogP contribution in [-0.4, -0.2) is 41.8 Å². The molecule has 0 fully saturated rings. The van der Waals surface area contributed by atoms with Crippen LogP contribution in [0.4, 0.5) is 5.95 Å². The largest absolute Gasteiger partial charge is 0.481 e. The summed E-state index contributed by atoms with van der Waals surface area (Å²) in [5.41, 5.74) is 0. The van der Waals surface area contributed by atoms with Gasteiger partial charge in [-0.25, -0.2) is 0 Å². The first-order valence-electron chi connectivity index (χ1n) is 7.01. The van der Waals surface area contributed by atoms with Gasteiger partial charge in [0.05, 0.1) is 20.3 Å². The fraction of sp³-hybridized carbons (Fsp3) is 0.643. The highest BCUT2D eigenvalue weighted by molar-refractivity contribution is 5.66. The summed E-state index contributed by atoms with van der Waals surface area (Å²) in [5.74, 6) is 0.937. The third kappa shape index (κ3) is 6.29. The highest BCUT2D eigenvalue weighted by Crippen LogP contribution is 2.19. The Bertz CT molecular complexity index is 432. The number of hydrogen-bond acceptors (Lipinski definition) is 6. The summed E-state index contributed by atoms with van der Waals surface area (Å²) in [5, 5.41) is 11.8. The molecule has 2 N–H and O–H groups in total. The van der Waals surface area contributed by atoms with Gasteiger partial charge in [0.1, 0.15) is 0 Å². The number of hydrogen-bond donors (Lipinski definition) is 2. The molecule has 0 saturated heterocycles. The van der Waals surface area contributed by atoms with E-state index in [4.69, 9.17) is 14.6 Å². The molecule has 7 nitrogen and oxygen atoms in total. The highest BCUT2D eigenvalue weighted by atomic mass is 16.5. The molecule has 1 rings (SSSR count). The quantitative estimate of drug-likeness (QED) is 0.683. The van der Waals surface area contributed by atoms with Crippen LogP contribution in [0.15, 0.2) is 6.07 Å². The predicted molar refractivity (Wildman–Crippen MR) is 78.9 cm³/mol. The van der Waals surface area contributed by atoms with Crippen molar-refractivity contribution in [2.24, 2.45) is 5.92 Å². The molecule has 0 aliphatic heterocycles. The molecule has 0 amide bonds. The van der Waals surface area contributed by atoms with Crippen molar-refractivity contribution < 1.29 is 19.4 Å². The Morgan fingerprint density at radius 1 is 1.29 bits per heavy atom. The molecular weight excluding hydrogens is 274 g/mol. The second kappa shape index (κ2) is 8.99. The number of methoxy groups -OCH3 is 2. The molecule has 1 heterocycles. The lowest BCUT2D eigenvalue weighted by atomic mass is 9.97. The van der Waals surface area contributed by atoms with Gasteiger partial charge < -0.3 is 19.9 Å². The summed E-state index contributed by atoms with van der Waals surface area (Å²) in [4.78, 5) is 18.9. The molecule has 118 valence electrons. The number of anilines is 1. The maximum Gasteiger partial charge on any atom is 0.303 e. The van der Waals surface area contributed by atoms with Crippen LogP contribution < -0.4 is 14.8 Å². The van der Waals surface area contributed by atoms with Crippen molar-refractivity contribution in [3.05, 3.63) is 6.07 Å². The van der Waals surface area contributed by atoms with Crippen molar-refractivity contribution in [2.75, 3.05) is 26.1 Å². The molecule has 0 aliphatic rings. The molecule has 1 aromatic heterocycles. The molecule has 0 spiro atoms. The minimum atomic E-state index is -0.748. The molecule has 7 heteroatoms. The Hall–Kier alpha value is -2.05. The highest BCUT2D eigenvalue weighted by Gasteiger charge is 2.10. The van der Waals surface area contributed by atoms with Crippen molar-refractivity contribution in [1.82, 2.24) is 9.97 Å². The van der Waals surface area contributed by atoms with Gasteiger partial charge in [0.15, 0.2) is 0 Å². The van der Waals surface area contributed by atoms with E-state index in [9.17, 15) is 4.79 Å². The van der Waals surface area contributed by atoms with Crippen LogP contribution in [0.2, 0.25) is 0 Å². The van der Waals surface area contributed by atoms with E-state index >= 15 is 0 Å². The maximum atomic E-state index is 10.6. The summed E-state index contributed by atoms with van der Waals surface area (Å²) >= 11 is 0. The number of aromatic nitrogens is 2. The number of carbonyl (C=O) groups is 1. The Labute approximate surface area is 124 Å².